The third-order valence-electron chi connectivity index (χ3n) is 5.31. The van der Waals surface area contributed by atoms with Gasteiger partial charge in [-0.05, 0) is 25.0 Å². The number of Topliss-reactive ketones (excluding diaryl/α,β-unsaturated/α-hetero) is 1. The zero-order chi connectivity index (χ0) is 18.0. The van der Waals surface area contributed by atoms with E-state index in [9.17, 15) is 14.4 Å². The number of hydrogen-bond donors (Lipinski definition) is 0. The molecular weight excluding hydrogens is 322 g/mol. The van der Waals surface area contributed by atoms with Gasteiger partial charge in [0.1, 0.15) is 11.5 Å². The smallest absolute Gasteiger partial charge is 0.236 e. The van der Waals surface area contributed by atoms with E-state index in [1.165, 1.54) is 14.2 Å². The van der Waals surface area contributed by atoms with Gasteiger partial charge in [-0.25, -0.2) is 0 Å². The first kappa shape index (κ1) is 17.5. The van der Waals surface area contributed by atoms with Gasteiger partial charge in [0.05, 0.1) is 31.7 Å². The Morgan fingerprint density at radius 2 is 1.84 bits per heavy atom. The first-order valence-corrected chi connectivity index (χ1v) is 8.61. The first-order chi connectivity index (χ1) is 12.0. The molecule has 1 aliphatic carbocycles. The zero-order valence-electron chi connectivity index (χ0n) is 14.7. The third-order valence-corrected chi connectivity index (χ3v) is 5.31. The van der Waals surface area contributed by atoms with Gasteiger partial charge in [-0.3, -0.25) is 19.3 Å². The molecule has 2 amide bonds. The summed E-state index contributed by atoms with van der Waals surface area (Å²) >= 11 is 0. The fourth-order valence-electron chi connectivity index (χ4n) is 3.90. The highest BCUT2D eigenvalue weighted by atomic mass is 16.5. The fourth-order valence-corrected chi connectivity index (χ4v) is 3.90. The van der Waals surface area contributed by atoms with Crippen LogP contribution in [0.2, 0.25) is 0 Å². The average Bonchev–Trinajstić information content (AvgIpc) is 2.85. The molecular formula is C19H23NO5. The van der Waals surface area contributed by atoms with Crippen LogP contribution < -0.4 is 9.47 Å². The summed E-state index contributed by atoms with van der Waals surface area (Å²) in [4.78, 5) is 39.0. The molecule has 3 rings (SSSR count). The molecule has 1 saturated heterocycles. The molecule has 25 heavy (non-hydrogen) atoms. The van der Waals surface area contributed by atoms with Crippen LogP contribution in [0.15, 0.2) is 18.2 Å². The Morgan fingerprint density at radius 1 is 1.12 bits per heavy atom. The Bertz CT molecular complexity index is 706. The number of imide groups is 1. The number of hydrogen-bond acceptors (Lipinski definition) is 5. The van der Waals surface area contributed by atoms with Crippen LogP contribution in [0.5, 0.6) is 11.5 Å². The first-order valence-electron chi connectivity index (χ1n) is 8.61. The highest BCUT2D eigenvalue weighted by molar-refractivity contribution is 6.11. The number of nitrogens with zero attached hydrogens (tertiary/aromatic N) is 1. The summed E-state index contributed by atoms with van der Waals surface area (Å²) in [5, 5.41) is 0. The lowest BCUT2D eigenvalue weighted by Gasteiger charge is -2.30. The van der Waals surface area contributed by atoms with E-state index in [2.05, 4.69) is 0 Å². The van der Waals surface area contributed by atoms with Crippen molar-refractivity contribution in [2.75, 3.05) is 20.8 Å². The van der Waals surface area contributed by atoms with Crippen LogP contribution in [0, 0.1) is 5.41 Å². The third kappa shape index (κ3) is 3.13. The monoisotopic (exact) mass is 345 g/mol. The molecule has 1 aliphatic heterocycles. The highest BCUT2D eigenvalue weighted by Gasteiger charge is 2.51. The van der Waals surface area contributed by atoms with Gasteiger partial charge in [0.15, 0.2) is 5.78 Å². The number of carbonyl (C=O) groups excluding carboxylic acids is 3. The summed E-state index contributed by atoms with van der Waals surface area (Å²) in [7, 11) is 3.00. The van der Waals surface area contributed by atoms with Gasteiger partial charge in [-0.2, -0.15) is 0 Å². The normalized spacial score (nSPS) is 19.4. The molecule has 0 aromatic heterocycles. The number of amides is 2. The zero-order valence-corrected chi connectivity index (χ0v) is 14.7. The topological polar surface area (TPSA) is 72.9 Å². The minimum Gasteiger partial charge on any atom is -0.497 e. The van der Waals surface area contributed by atoms with Crippen molar-refractivity contribution >= 4 is 17.6 Å². The molecule has 0 unspecified atom stereocenters. The minimum absolute atomic E-state index is 0.182. The quantitative estimate of drug-likeness (QED) is 0.606. The molecule has 0 radical (unpaired) electrons. The molecule has 1 aromatic rings. The second-order valence-corrected chi connectivity index (χ2v) is 6.79. The number of methoxy groups -OCH3 is 2. The van der Waals surface area contributed by atoms with Crippen LogP contribution in [-0.2, 0) is 9.59 Å². The van der Waals surface area contributed by atoms with Crippen molar-refractivity contribution in [1.29, 1.82) is 0 Å². The highest BCUT2D eigenvalue weighted by Crippen LogP contribution is 2.45. The van der Waals surface area contributed by atoms with Crippen molar-refractivity contribution in [3.8, 4) is 11.5 Å². The lowest BCUT2D eigenvalue weighted by Crippen LogP contribution is -2.39. The summed E-state index contributed by atoms with van der Waals surface area (Å²) in [6.07, 6.45) is 4.76. The van der Waals surface area contributed by atoms with Crippen molar-refractivity contribution < 1.29 is 23.9 Å². The second kappa shape index (κ2) is 6.86. The Morgan fingerprint density at radius 3 is 2.48 bits per heavy atom. The lowest BCUT2D eigenvalue weighted by atomic mass is 9.73. The Balaban J connectivity index is 1.79. The standard InChI is InChI=1S/C19H23NO5/c1-24-13-6-7-14(16(10-13)25-2)15(21)12-20-17(22)11-19(18(20)23)8-4-3-5-9-19/h6-7,10H,3-5,8-9,11-12H2,1-2H3. The summed E-state index contributed by atoms with van der Waals surface area (Å²) in [6.45, 7) is -0.234. The largest absolute Gasteiger partial charge is 0.497 e. The van der Waals surface area contributed by atoms with E-state index in [-0.39, 0.29) is 30.6 Å². The maximum Gasteiger partial charge on any atom is 0.236 e. The summed E-state index contributed by atoms with van der Waals surface area (Å²) in [6, 6.07) is 4.87. The van der Waals surface area contributed by atoms with Gasteiger partial charge in [-0.1, -0.05) is 19.3 Å². The number of ketones is 1. The van der Waals surface area contributed by atoms with Crippen molar-refractivity contribution in [2.45, 2.75) is 38.5 Å². The van der Waals surface area contributed by atoms with E-state index in [0.29, 0.717) is 17.1 Å². The molecule has 2 aliphatic rings. The van der Waals surface area contributed by atoms with Gasteiger partial charge in [0.25, 0.3) is 0 Å². The Hall–Kier alpha value is -2.37. The van der Waals surface area contributed by atoms with Crippen LogP contribution in [0.3, 0.4) is 0 Å². The maximum absolute atomic E-state index is 12.8. The Labute approximate surface area is 147 Å². The number of rotatable bonds is 5. The van der Waals surface area contributed by atoms with Gasteiger partial charge in [0, 0.05) is 12.5 Å². The van der Waals surface area contributed by atoms with Crippen LogP contribution in [0.4, 0.5) is 0 Å². The second-order valence-electron chi connectivity index (χ2n) is 6.79. The molecule has 1 spiro atoms. The maximum atomic E-state index is 12.8. The summed E-state index contributed by atoms with van der Waals surface area (Å²) in [5.74, 6) is 0.207. The number of likely N-dealkylation sites (tertiary alicyclic amines) is 1. The summed E-state index contributed by atoms with van der Waals surface area (Å²) < 4.78 is 10.4. The fraction of sp³-hybridized carbons (Fsp3) is 0.526. The van der Waals surface area contributed by atoms with Crippen LogP contribution >= 0.6 is 0 Å². The van der Waals surface area contributed by atoms with Crippen LogP contribution in [0.25, 0.3) is 0 Å². The van der Waals surface area contributed by atoms with E-state index < -0.39 is 5.41 Å². The van der Waals surface area contributed by atoms with E-state index in [1.807, 2.05) is 0 Å². The molecule has 1 aromatic carbocycles. The predicted octanol–water partition coefficient (Wildman–Crippen LogP) is 2.60. The SMILES string of the molecule is COc1ccc(C(=O)CN2C(=O)CC3(CCCCC3)C2=O)c(OC)c1. The minimum atomic E-state index is -0.570. The molecule has 6 heteroatoms. The number of benzene rings is 1. The van der Waals surface area contributed by atoms with E-state index in [0.717, 1.165) is 37.0 Å². The average molecular weight is 345 g/mol. The molecule has 2 fully saturated rings. The van der Waals surface area contributed by atoms with Crippen LogP contribution in [0.1, 0.15) is 48.9 Å². The van der Waals surface area contributed by atoms with Crippen molar-refractivity contribution in [3.05, 3.63) is 23.8 Å². The molecule has 6 nitrogen and oxygen atoms in total. The predicted molar refractivity (Wildman–Crippen MR) is 90.7 cm³/mol. The number of carbonyl (C=O) groups is 3. The summed E-state index contributed by atoms with van der Waals surface area (Å²) in [5.41, 5.74) is -0.229. The molecule has 0 atom stereocenters. The van der Waals surface area contributed by atoms with E-state index >= 15 is 0 Å². The van der Waals surface area contributed by atoms with Gasteiger partial charge < -0.3 is 9.47 Å². The van der Waals surface area contributed by atoms with Crippen molar-refractivity contribution in [3.63, 3.8) is 0 Å². The van der Waals surface area contributed by atoms with Gasteiger partial charge >= 0.3 is 0 Å². The van der Waals surface area contributed by atoms with Crippen molar-refractivity contribution in [1.82, 2.24) is 4.90 Å². The van der Waals surface area contributed by atoms with E-state index in [4.69, 9.17) is 9.47 Å². The van der Waals surface area contributed by atoms with Gasteiger partial charge in [0.2, 0.25) is 11.8 Å². The molecule has 1 heterocycles. The van der Waals surface area contributed by atoms with Gasteiger partial charge in [-0.15, -0.1) is 0 Å². The molecule has 0 N–H and O–H groups in total. The van der Waals surface area contributed by atoms with Crippen molar-refractivity contribution in [2.24, 2.45) is 5.41 Å². The molecule has 134 valence electrons. The molecule has 1 saturated carbocycles. The molecule has 0 bridgehead atoms. The number of ether oxygens (including phenoxy) is 2. The van der Waals surface area contributed by atoms with Crippen LogP contribution in [-0.4, -0.2) is 43.3 Å². The van der Waals surface area contributed by atoms with E-state index in [1.54, 1.807) is 18.2 Å². The lowest BCUT2D eigenvalue weighted by molar-refractivity contribution is -0.141. The Kier molecular flexibility index (Phi) is 4.79.